The van der Waals surface area contributed by atoms with E-state index >= 15 is 0 Å². The Balaban J connectivity index is 1.20. The summed E-state index contributed by atoms with van der Waals surface area (Å²) in [6.07, 6.45) is 5.70. The second-order valence-electron chi connectivity index (χ2n) is 10.6. The van der Waals surface area contributed by atoms with E-state index in [1.807, 2.05) is 63.4 Å². The van der Waals surface area contributed by atoms with Crippen molar-refractivity contribution in [3.63, 3.8) is 0 Å². The van der Waals surface area contributed by atoms with Gasteiger partial charge in [0.25, 0.3) is 0 Å². The van der Waals surface area contributed by atoms with Crippen molar-refractivity contribution in [1.82, 2.24) is 24.8 Å². The number of nitrogen functional groups attached to an aromatic ring is 1. The molecule has 0 aliphatic carbocycles. The number of pyridine rings is 1. The van der Waals surface area contributed by atoms with Crippen molar-refractivity contribution in [2.75, 3.05) is 19.8 Å². The first kappa shape index (κ1) is 27.7. The molecule has 0 aliphatic heterocycles. The summed E-state index contributed by atoms with van der Waals surface area (Å²) in [7, 11) is 3.62. The molecule has 0 saturated heterocycles. The molecule has 0 unspecified atom stereocenters. The van der Waals surface area contributed by atoms with Crippen LogP contribution in [0.25, 0.3) is 27.9 Å². The Bertz CT molecular complexity index is 1760. The van der Waals surface area contributed by atoms with Crippen LogP contribution in [-0.2, 0) is 29.1 Å². The summed E-state index contributed by atoms with van der Waals surface area (Å²) >= 11 is 0. The molecule has 0 radical (unpaired) electrons. The predicted octanol–water partition coefficient (Wildman–Crippen LogP) is 5.51. The molecule has 2 aromatic carbocycles. The fourth-order valence-corrected chi connectivity index (χ4v) is 5.28. The molecule has 5 aromatic rings. The standard InChI is InChI=1S/C33H36N6O2/c1-21-27(25-9-5-7-11-29(25)36-21)19-38(3)31(40)15-13-23-17-24(33(34)35-18-23)14-16-32(41)39(4)20-28-22(2)37-30-12-8-6-10-26(28)30/h5-13,15,17-18,36-37H,14,16,19-20H2,1-4H3,(H2,34,35)/b15-13+. The summed E-state index contributed by atoms with van der Waals surface area (Å²) < 4.78 is 0. The summed E-state index contributed by atoms with van der Waals surface area (Å²) in [5.41, 5.74) is 14.2. The zero-order valence-electron chi connectivity index (χ0n) is 24.0. The Morgan fingerprint density at radius 2 is 1.44 bits per heavy atom. The monoisotopic (exact) mass is 548 g/mol. The van der Waals surface area contributed by atoms with Crippen molar-refractivity contribution >= 4 is 45.5 Å². The Morgan fingerprint density at radius 3 is 2.05 bits per heavy atom. The number of rotatable bonds is 9. The minimum Gasteiger partial charge on any atom is -0.383 e. The lowest BCUT2D eigenvalue weighted by Gasteiger charge is -2.18. The quantitative estimate of drug-likeness (QED) is 0.211. The lowest BCUT2D eigenvalue weighted by Crippen LogP contribution is -2.26. The lowest BCUT2D eigenvalue weighted by molar-refractivity contribution is -0.130. The zero-order valence-corrected chi connectivity index (χ0v) is 24.0. The molecule has 8 heteroatoms. The van der Waals surface area contributed by atoms with Crippen LogP contribution >= 0.6 is 0 Å². The summed E-state index contributed by atoms with van der Waals surface area (Å²) in [5.74, 6) is 0.306. The fourth-order valence-electron chi connectivity index (χ4n) is 5.28. The number of benzene rings is 2. The number of likely N-dealkylation sites (N-methyl/N-ethyl adjacent to an activating group) is 1. The van der Waals surface area contributed by atoms with Gasteiger partial charge in [-0.25, -0.2) is 4.98 Å². The van der Waals surface area contributed by atoms with Gasteiger partial charge in [-0.2, -0.15) is 0 Å². The molecular formula is C33H36N6O2. The van der Waals surface area contributed by atoms with Gasteiger partial charge in [0, 0.05) is 79.1 Å². The number of nitrogens with one attached hydrogen (secondary N) is 2. The van der Waals surface area contributed by atoms with Gasteiger partial charge < -0.3 is 25.5 Å². The number of aromatic nitrogens is 3. The number of hydrogen-bond acceptors (Lipinski definition) is 4. The van der Waals surface area contributed by atoms with Gasteiger partial charge in [0.15, 0.2) is 0 Å². The van der Waals surface area contributed by atoms with E-state index in [-0.39, 0.29) is 11.8 Å². The average molecular weight is 549 g/mol. The number of nitrogens with two attached hydrogens (primary N) is 1. The highest BCUT2D eigenvalue weighted by Gasteiger charge is 2.16. The first-order chi connectivity index (χ1) is 19.7. The molecule has 4 N–H and O–H groups in total. The Labute approximate surface area is 239 Å². The molecule has 3 heterocycles. The number of hydrogen-bond donors (Lipinski definition) is 3. The molecule has 0 atom stereocenters. The number of H-pyrrole nitrogens is 2. The van der Waals surface area contributed by atoms with Crippen LogP contribution in [0.2, 0.25) is 0 Å². The molecule has 0 spiro atoms. The number of aromatic amines is 2. The smallest absolute Gasteiger partial charge is 0.246 e. The molecule has 2 amide bonds. The van der Waals surface area contributed by atoms with Crippen molar-refractivity contribution in [3.8, 4) is 0 Å². The zero-order chi connectivity index (χ0) is 29.1. The Morgan fingerprint density at radius 1 is 0.878 bits per heavy atom. The van der Waals surface area contributed by atoms with E-state index in [1.165, 1.54) is 0 Å². The maximum Gasteiger partial charge on any atom is 0.246 e. The number of anilines is 1. The summed E-state index contributed by atoms with van der Waals surface area (Å²) in [6, 6.07) is 18.1. The molecule has 8 nitrogen and oxygen atoms in total. The number of aryl methyl sites for hydroxylation is 3. The number of amides is 2. The molecule has 5 rings (SSSR count). The van der Waals surface area contributed by atoms with Crippen molar-refractivity contribution in [2.24, 2.45) is 0 Å². The van der Waals surface area contributed by atoms with Crippen LogP contribution in [0.5, 0.6) is 0 Å². The van der Waals surface area contributed by atoms with Crippen molar-refractivity contribution in [3.05, 3.63) is 101 Å². The minimum absolute atomic E-state index is 0.0272. The number of fused-ring (bicyclic) bond motifs is 2. The van der Waals surface area contributed by atoms with Gasteiger partial charge in [0.2, 0.25) is 11.8 Å². The van der Waals surface area contributed by atoms with E-state index in [1.54, 1.807) is 35.2 Å². The van der Waals surface area contributed by atoms with E-state index in [9.17, 15) is 9.59 Å². The maximum atomic E-state index is 13.0. The number of para-hydroxylation sites is 2. The van der Waals surface area contributed by atoms with E-state index in [0.29, 0.717) is 31.7 Å². The Hall–Kier alpha value is -4.85. The van der Waals surface area contributed by atoms with Crippen molar-refractivity contribution in [2.45, 2.75) is 39.8 Å². The normalized spacial score (nSPS) is 11.5. The van der Waals surface area contributed by atoms with Crippen LogP contribution in [0.4, 0.5) is 5.82 Å². The van der Waals surface area contributed by atoms with E-state index in [2.05, 4.69) is 27.1 Å². The number of carbonyl (C=O) groups excluding carboxylic acids is 2. The van der Waals surface area contributed by atoms with Crippen molar-refractivity contribution < 1.29 is 9.59 Å². The molecule has 3 aromatic heterocycles. The second-order valence-corrected chi connectivity index (χ2v) is 10.6. The summed E-state index contributed by atoms with van der Waals surface area (Å²) in [4.78, 5) is 40.4. The van der Waals surface area contributed by atoms with Gasteiger partial charge in [-0.05, 0) is 66.8 Å². The SMILES string of the molecule is Cc1[nH]c2ccccc2c1CN(C)C(=O)/C=C/c1cnc(N)c(CCC(=O)N(C)Cc2c(C)[nH]c3ccccc23)c1. The molecule has 0 bridgehead atoms. The van der Waals surface area contributed by atoms with Crippen LogP contribution in [0.1, 0.15) is 40.1 Å². The highest BCUT2D eigenvalue weighted by molar-refractivity contribution is 5.92. The van der Waals surface area contributed by atoms with Gasteiger partial charge in [-0.1, -0.05) is 36.4 Å². The molecule has 41 heavy (non-hydrogen) atoms. The average Bonchev–Trinajstić information content (AvgIpc) is 3.46. The van der Waals surface area contributed by atoms with Gasteiger partial charge in [0.05, 0.1) is 0 Å². The van der Waals surface area contributed by atoms with E-state index in [0.717, 1.165) is 55.4 Å². The van der Waals surface area contributed by atoms with Gasteiger partial charge in [0.1, 0.15) is 5.82 Å². The molecule has 210 valence electrons. The minimum atomic E-state index is -0.113. The van der Waals surface area contributed by atoms with E-state index < -0.39 is 0 Å². The summed E-state index contributed by atoms with van der Waals surface area (Å²) in [6.45, 7) is 5.08. The van der Waals surface area contributed by atoms with Crippen molar-refractivity contribution in [1.29, 1.82) is 0 Å². The third kappa shape index (κ3) is 6.01. The third-order valence-electron chi connectivity index (χ3n) is 7.70. The maximum absolute atomic E-state index is 13.0. The highest BCUT2D eigenvalue weighted by Crippen LogP contribution is 2.25. The van der Waals surface area contributed by atoms with Gasteiger partial charge >= 0.3 is 0 Å². The predicted molar refractivity (Wildman–Crippen MR) is 165 cm³/mol. The highest BCUT2D eigenvalue weighted by atomic mass is 16.2. The lowest BCUT2D eigenvalue weighted by atomic mass is 10.1. The van der Waals surface area contributed by atoms with Gasteiger partial charge in [-0.3, -0.25) is 9.59 Å². The summed E-state index contributed by atoms with van der Waals surface area (Å²) in [5, 5.41) is 2.26. The van der Waals surface area contributed by atoms with Crippen LogP contribution in [0.15, 0.2) is 66.9 Å². The first-order valence-electron chi connectivity index (χ1n) is 13.7. The fraction of sp³-hybridized carbons (Fsp3) is 0.242. The third-order valence-corrected chi connectivity index (χ3v) is 7.70. The van der Waals surface area contributed by atoms with Crippen LogP contribution in [0, 0.1) is 13.8 Å². The number of carbonyl (C=O) groups is 2. The molecule has 0 fully saturated rings. The molecule has 0 aliphatic rings. The molecular weight excluding hydrogens is 512 g/mol. The van der Waals surface area contributed by atoms with Gasteiger partial charge in [-0.15, -0.1) is 0 Å². The topological polar surface area (TPSA) is 111 Å². The second kappa shape index (κ2) is 11.7. The van der Waals surface area contributed by atoms with E-state index in [4.69, 9.17) is 5.73 Å². The molecule has 0 saturated carbocycles. The largest absolute Gasteiger partial charge is 0.383 e. The van der Waals surface area contributed by atoms with Crippen LogP contribution in [-0.4, -0.2) is 50.7 Å². The first-order valence-corrected chi connectivity index (χ1v) is 13.7. The Kier molecular flexibility index (Phi) is 7.92. The van der Waals surface area contributed by atoms with Crippen LogP contribution in [0.3, 0.4) is 0 Å². The number of nitrogens with zero attached hydrogens (tertiary/aromatic N) is 3. The van der Waals surface area contributed by atoms with Crippen LogP contribution < -0.4 is 5.73 Å².